The summed E-state index contributed by atoms with van der Waals surface area (Å²) >= 11 is 0. The maximum absolute atomic E-state index is 13.5. The van der Waals surface area contributed by atoms with E-state index in [0.717, 1.165) is 11.1 Å². The molecule has 0 aromatic heterocycles. The van der Waals surface area contributed by atoms with Gasteiger partial charge in [0.25, 0.3) is 0 Å². The Morgan fingerprint density at radius 3 is 2.52 bits per heavy atom. The highest BCUT2D eigenvalue weighted by Gasteiger charge is 2.12. The minimum Gasteiger partial charge on any atom is -0.350 e. The van der Waals surface area contributed by atoms with E-state index < -0.39 is 0 Å². The van der Waals surface area contributed by atoms with E-state index in [1.54, 1.807) is 18.2 Å². The summed E-state index contributed by atoms with van der Waals surface area (Å²) in [6, 6.07) is 14.5. The molecule has 2 nitrogen and oxygen atoms in total. The Labute approximate surface area is 125 Å². The van der Waals surface area contributed by atoms with Crippen LogP contribution in [0.1, 0.15) is 36.1 Å². The molecule has 1 atom stereocenters. The van der Waals surface area contributed by atoms with Gasteiger partial charge in [0.1, 0.15) is 5.82 Å². The van der Waals surface area contributed by atoms with Crippen LogP contribution in [-0.2, 0) is 11.2 Å². The minimum absolute atomic E-state index is 0.0423. The zero-order chi connectivity index (χ0) is 15.2. The van der Waals surface area contributed by atoms with Gasteiger partial charge in [0, 0.05) is 6.42 Å². The number of carbonyl (C=O) groups excluding carboxylic acids is 1. The predicted octanol–water partition coefficient (Wildman–Crippen LogP) is 3.94. The highest BCUT2D eigenvalue weighted by Crippen LogP contribution is 2.17. The second-order valence-electron chi connectivity index (χ2n) is 5.24. The van der Waals surface area contributed by atoms with Crippen LogP contribution in [0.4, 0.5) is 4.39 Å². The van der Waals surface area contributed by atoms with Gasteiger partial charge in [0.2, 0.25) is 5.91 Å². The lowest BCUT2D eigenvalue weighted by molar-refractivity contribution is -0.121. The van der Waals surface area contributed by atoms with Gasteiger partial charge < -0.3 is 5.32 Å². The van der Waals surface area contributed by atoms with Crippen LogP contribution in [-0.4, -0.2) is 5.91 Å². The molecule has 0 aliphatic heterocycles. The fourth-order valence-electron chi connectivity index (χ4n) is 2.41. The molecule has 110 valence electrons. The van der Waals surface area contributed by atoms with E-state index in [1.807, 2.05) is 38.1 Å². The van der Waals surface area contributed by atoms with Crippen LogP contribution in [0.3, 0.4) is 0 Å². The summed E-state index contributed by atoms with van der Waals surface area (Å²) in [5.41, 5.74) is 2.84. The Bertz CT molecular complexity index is 624. The molecule has 0 spiro atoms. The van der Waals surface area contributed by atoms with E-state index >= 15 is 0 Å². The first-order chi connectivity index (χ1) is 10.1. The van der Waals surface area contributed by atoms with Crippen LogP contribution >= 0.6 is 0 Å². The highest BCUT2D eigenvalue weighted by atomic mass is 19.1. The van der Waals surface area contributed by atoms with Crippen molar-refractivity contribution in [3.8, 4) is 0 Å². The van der Waals surface area contributed by atoms with E-state index in [4.69, 9.17) is 0 Å². The molecule has 2 aromatic rings. The molecule has 2 aromatic carbocycles. The molecular formula is C18H20FNO. The van der Waals surface area contributed by atoms with Gasteiger partial charge in [0.05, 0.1) is 6.04 Å². The summed E-state index contributed by atoms with van der Waals surface area (Å²) in [6.07, 6.45) is 0.705. The van der Waals surface area contributed by atoms with Gasteiger partial charge >= 0.3 is 0 Å². The first-order valence-electron chi connectivity index (χ1n) is 7.16. The van der Waals surface area contributed by atoms with Gasteiger partial charge in [-0.3, -0.25) is 4.79 Å². The van der Waals surface area contributed by atoms with Crippen LogP contribution in [0.15, 0.2) is 48.5 Å². The van der Waals surface area contributed by atoms with Gasteiger partial charge in [-0.1, -0.05) is 42.5 Å². The maximum atomic E-state index is 13.5. The number of aryl methyl sites for hydroxylation is 2. The summed E-state index contributed by atoms with van der Waals surface area (Å²) in [7, 11) is 0. The molecule has 2 rings (SSSR count). The van der Waals surface area contributed by atoms with E-state index in [9.17, 15) is 9.18 Å². The van der Waals surface area contributed by atoms with Crippen LogP contribution < -0.4 is 5.32 Å². The molecule has 0 bridgehead atoms. The van der Waals surface area contributed by atoms with E-state index in [2.05, 4.69) is 5.32 Å². The number of rotatable bonds is 5. The van der Waals surface area contributed by atoms with Crippen molar-refractivity contribution in [3.63, 3.8) is 0 Å². The van der Waals surface area contributed by atoms with Crippen molar-refractivity contribution in [1.82, 2.24) is 5.32 Å². The molecule has 1 amide bonds. The molecule has 21 heavy (non-hydrogen) atoms. The third kappa shape index (κ3) is 4.15. The summed E-state index contributed by atoms with van der Waals surface area (Å²) < 4.78 is 13.5. The Balaban J connectivity index is 1.90. The third-order valence-electron chi connectivity index (χ3n) is 3.61. The topological polar surface area (TPSA) is 29.1 Å². The van der Waals surface area contributed by atoms with Gasteiger partial charge in [0.15, 0.2) is 0 Å². The summed E-state index contributed by atoms with van der Waals surface area (Å²) in [6.45, 7) is 3.99. The van der Waals surface area contributed by atoms with Gasteiger partial charge in [-0.2, -0.15) is 0 Å². The van der Waals surface area contributed by atoms with Crippen LogP contribution in [0.5, 0.6) is 0 Å². The summed E-state index contributed by atoms with van der Waals surface area (Å²) in [5, 5.41) is 2.97. The molecule has 0 heterocycles. The molecule has 0 saturated carbocycles. The smallest absolute Gasteiger partial charge is 0.220 e. The predicted molar refractivity (Wildman–Crippen MR) is 82.5 cm³/mol. The largest absolute Gasteiger partial charge is 0.350 e. The minimum atomic E-state index is -0.253. The Hall–Kier alpha value is -2.16. The van der Waals surface area contributed by atoms with Crippen molar-refractivity contribution in [2.24, 2.45) is 0 Å². The number of halogens is 1. The first kappa shape index (κ1) is 15.2. The molecule has 0 aliphatic rings. The molecule has 1 N–H and O–H groups in total. The van der Waals surface area contributed by atoms with Crippen molar-refractivity contribution in [2.75, 3.05) is 0 Å². The van der Waals surface area contributed by atoms with Gasteiger partial charge in [-0.25, -0.2) is 4.39 Å². The normalized spacial score (nSPS) is 12.0. The van der Waals surface area contributed by atoms with Crippen LogP contribution in [0.25, 0.3) is 0 Å². The number of carbonyl (C=O) groups is 1. The first-order valence-corrected chi connectivity index (χ1v) is 7.16. The van der Waals surface area contributed by atoms with Gasteiger partial charge in [-0.05, 0) is 43.0 Å². The van der Waals surface area contributed by atoms with Crippen LogP contribution in [0, 0.1) is 12.7 Å². The lowest BCUT2D eigenvalue weighted by Crippen LogP contribution is -2.27. The van der Waals surface area contributed by atoms with Crippen molar-refractivity contribution < 1.29 is 9.18 Å². The average Bonchev–Trinajstić information content (AvgIpc) is 2.46. The average molecular weight is 285 g/mol. The lowest BCUT2D eigenvalue weighted by atomic mass is 10.0. The quantitative estimate of drug-likeness (QED) is 0.885. The second-order valence-corrected chi connectivity index (χ2v) is 5.24. The van der Waals surface area contributed by atoms with Gasteiger partial charge in [-0.15, -0.1) is 0 Å². The third-order valence-corrected chi connectivity index (χ3v) is 3.61. The molecule has 0 unspecified atom stereocenters. The van der Waals surface area contributed by atoms with E-state index in [-0.39, 0.29) is 24.2 Å². The van der Waals surface area contributed by atoms with E-state index in [1.165, 1.54) is 6.07 Å². The van der Waals surface area contributed by atoms with Crippen molar-refractivity contribution in [2.45, 2.75) is 32.7 Å². The van der Waals surface area contributed by atoms with Crippen molar-refractivity contribution in [3.05, 3.63) is 71.0 Å². The zero-order valence-corrected chi connectivity index (χ0v) is 12.4. The number of hydrogen-bond acceptors (Lipinski definition) is 1. The number of benzene rings is 2. The Morgan fingerprint density at radius 1 is 1.14 bits per heavy atom. The molecule has 3 heteroatoms. The second kappa shape index (κ2) is 7.02. The lowest BCUT2D eigenvalue weighted by Gasteiger charge is -2.16. The highest BCUT2D eigenvalue weighted by molar-refractivity contribution is 5.76. The number of nitrogens with one attached hydrogen (secondary N) is 1. The molecule has 0 aliphatic carbocycles. The van der Waals surface area contributed by atoms with E-state index in [0.29, 0.717) is 12.0 Å². The van der Waals surface area contributed by atoms with Crippen molar-refractivity contribution in [1.29, 1.82) is 0 Å². The summed E-state index contributed by atoms with van der Waals surface area (Å²) in [4.78, 5) is 12.0. The van der Waals surface area contributed by atoms with Crippen LogP contribution in [0.2, 0.25) is 0 Å². The number of amides is 1. The molecular weight excluding hydrogens is 265 g/mol. The Morgan fingerprint density at radius 2 is 1.81 bits per heavy atom. The monoisotopic (exact) mass is 285 g/mol. The molecule has 0 fully saturated rings. The Kier molecular flexibility index (Phi) is 5.09. The maximum Gasteiger partial charge on any atom is 0.220 e. The molecule has 0 saturated heterocycles. The zero-order valence-electron chi connectivity index (χ0n) is 12.4. The summed E-state index contributed by atoms with van der Waals surface area (Å²) in [5.74, 6) is -0.314. The standard InChI is InChI=1S/C18H20FNO/c1-13-7-3-5-9-16(13)14(2)20-18(21)12-11-15-8-4-6-10-17(15)19/h3-10,14H,11-12H2,1-2H3,(H,20,21)/t14-/m1/s1. The molecule has 0 radical (unpaired) electrons. The number of hydrogen-bond donors (Lipinski definition) is 1. The fraction of sp³-hybridized carbons (Fsp3) is 0.278. The SMILES string of the molecule is Cc1ccccc1[C@@H](C)NC(=O)CCc1ccccc1F. The van der Waals surface area contributed by atoms with Crippen molar-refractivity contribution >= 4 is 5.91 Å². The fourth-order valence-corrected chi connectivity index (χ4v) is 2.41.